The first-order valence-corrected chi connectivity index (χ1v) is 15.2. The van der Waals surface area contributed by atoms with Crippen LogP contribution in [-0.4, -0.2) is 130 Å². The van der Waals surface area contributed by atoms with Crippen molar-refractivity contribution in [3.63, 3.8) is 0 Å². The van der Waals surface area contributed by atoms with Crippen LogP contribution < -0.4 is 4.74 Å². The molecule has 2 aromatic carbocycles. The Morgan fingerprint density at radius 1 is 1.09 bits per heavy atom. The normalized spacial score (nSPS) is 33.5. The molecule has 6 N–H and O–H groups in total. The minimum atomic E-state index is -2.31. The lowest BCUT2D eigenvalue weighted by Gasteiger charge is -2.48. The number of carbonyl (C=O) groups excluding carboxylic acids is 3. The van der Waals surface area contributed by atoms with Crippen LogP contribution in [0, 0.1) is 0 Å². The molecule has 4 aliphatic rings. The van der Waals surface area contributed by atoms with Gasteiger partial charge in [-0.25, -0.2) is 5.21 Å². The van der Waals surface area contributed by atoms with Crippen LogP contribution in [0.2, 0.25) is 0 Å². The molecule has 0 amide bonds. The van der Waals surface area contributed by atoms with E-state index >= 15 is 0 Å². The van der Waals surface area contributed by atoms with Crippen molar-refractivity contribution in [2.24, 2.45) is 0 Å². The summed E-state index contributed by atoms with van der Waals surface area (Å²) in [4.78, 5) is 40.4. The smallest absolute Gasteiger partial charge is 0.210 e. The number of ketones is 3. The number of benzene rings is 2. The summed E-state index contributed by atoms with van der Waals surface area (Å²) in [7, 11) is 2.74. The van der Waals surface area contributed by atoms with Crippen molar-refractivity contribution >= 4 is 17.3 Å². The highest BCUT2D eigenvalue weighted by atomic mass is 16.7. The molecular weight excluding hydrogens is 622 g/mol. The molecule has 15 heteroatoms. The van der Waals surface area contributed by atoms with Gasteiger partial charge in [0, 0.05) is 36.6 Å². The number of Topliss-reactive ketones (excluding diaryl/α,β-unsaturated/α-hetero) is 1. The number of quaternary nitrogens is 1. The van der Waals surface area contributed by atoms with Crippen molar-refractivity contribution in [3.8, 4) is 17.2 Å². The molecule has 6 rings (SSSR count). The summed E-state index contributed by atoms with van der Waals surface area (Å²) in [5, 5.41) is 67.1. The van der Waals surface area contributed by atoms with Gasteiger partial charge in [0.15, 0.2) is 30.4 Å². The number of fused-ring (bicyclic) bond motifs is 3. The third-order valence-corrected chi connectivity index (χ3v) is 9.86. The van der Waals surface area contributed by atoms with Crippen LogP contribution >= 0.6 is 0 Å². The van der Waals surface area contributed by atoms with Gasteiger partial charge in [0.2, 0.25) is 12.1 Å². The molecule has 0 radical (unpaired) electrons. The fourth-order valence-electron chi connectivity index (χ4n) is 7.36. The second-order valence-corrected chi connectivity index (χ2v) is 12.5. The predicted octanol–water partition coefficient (Wildman–Crippen LogP) is 0.251. The van der Waals surface area contributed by atoms with Crippen molar-refractivity contribution in [1.82, 2.24) is 0 Å². The Kier molecular flexibility index (Phi) is 8.65. The third-order valence-electron chi connectivity index (χ3n) is 9.86. The number of aliphatic hydroxyl groups is 3. The molecule has 0 spiro atoms. The molecule has 0 bridgehead atoms. The molecule has 254 valence electrons. The summed E-state index contributed by atoms with van der Waals surface area (Å²) < 4.78 is 27.7. The summed E-state index contributed by atoms with van der Waals surface area (Å²) in [6.45, 7) is 0.781. The number of phenolic OH excluding ortho intramolecular Hbond substituents is 2. The second-order valence-electron chi connectivity index (χ2n) is 12.5. The van der Waals surface area contributed by atoms with E-state index in [1.807, 2.05) is 0 Å². The lowest BCUT2D eigenvalue weighted by Crippen LogP contribution is -2.68. The van der Waals surface area contributed by atoms with E-state index in [4.69, 9.17) is 23.7 Å². The van der Waals surface area contributed by atoms with Crippen LogP contribution in [0.5, 0.6) is 17.2 Å². The maximum atomic E-state index is 13.9. The van der Waals surface area contributed by atoms with Gasteiger partial charge >= 0.3 is 0 Å². The minimum absolute atomic E-state index is 0.00342. The molecule has 15 nitrogen and oxygen atoms in total. The van der Waals surface area contributed by atoms with Crippen molar-refractivity contribution in [2.75, 3.05) is 40.5 Å². The SMILES string of the molecule is COc1cccc2c1C(=O)c1c(O)c3c(c(O)c1C2=O)C[C@@](O)(C(=O)CO)C[C@@H]3O[C@H]1C[C@H]([N+]2(O)CCOC(OC)C2)[C@H](O)[C@H](C)O1. The molecule has 2 aliphatic heterocycles. The molecule has 2 saturated heterocycles. The zero-order valence-corrected chi connectivity index (χ0v) is 26.0. The van der Waals surface area contributed by atoms with Gasteiger partial charge in [-0.3, -0.25) is 14.4 Å². The Hall–Kier alpha value is -3.51. The average Bonchev–Trinajstić information content (AvgIpc) is 3.05. The minimum Gasteiger partial charge on any atom is -0.507 e. The number of morpholine rings is 1. The Labute approximate surface area is 269 Å². The van der Waals surface area contributed by atoms with Gasteiger partial charge in [-0.2, -0.15) is 4.65 Å². The van der Waals surface area contributed by atoms with Crippen LogP contribution in [-0.2, 0) is 30.2 Å². The number of hydrogen-bond acceptors (Lipinski definition) is 14. The van der Waals surface area contributed by atoms with Gasteiger partial charge in [0.05, 0.1) is 42.4 Å². The molecular formula is C32H38NO14+. The first-order chi connectivity index (χ1) is 22.3. The van der Waals surface area contributed by atoms with Crippen LogP contribution in [0.1, 0.15) is 68.8 Å². The number of aliphatic hydroxyl groups excluding tert-OH is 2. The summed E-state index contributed by atoms with van der Waals surface area (Å²) in [5.41, 5.74) is -3.89. The highest BCUT2D eigenvalue weighted by Gasteiger charge is 2.54. The van der Waals surface area contributed by atoms with Crippen molar-refractivity contribution in [1.29, 1.82) is 0 Å². The number of ether oxygens (including phenoxy) is 5. The first-order valence-electron chi connectivity index (χ1n) is 15.2. The maximum Gasteiger partial charge on any atom is 0.210 e. The van der Waals surface area contributed by atoms with Crippen LogP contribution in [0.15, 0.2) is 18.2 Å². The summed E-state index contributed by atoms with van der Waals surface area (Å²) in [6, 6.07) is 3.48. The second kappa shape index (κ2) is 12.2. The van der Waals surface area contributed by atoms with E-state index < -0.39 is 107 Å². The molecule has 47 heavy (non-hydrogen) atoms. The van der Waals surface area contributed by atoms with Crippen molar-refractivity contribution in [2.45, 2.75) is 68.7 Å². The monoisotopic (exact) mass is 660 g/mol. The molecule has 2 fully saturated rings. The van der Waals surface area contributed by atoms with E-state index in [9.17, 15) is 45.1 Å². The lowest BCUT2D eigenvalue weighted by atomic mass is 9.72. The molecule has 0 saturated carbocycles. The summed E-state index contributed by atoms with van der Waals surface area (Å²) >= 11 is 0. The van der Waals surface area contributed by atoms with Gasteiger partial charge in [-0.05, 0) is 13.0 Å². The quantitative estimate of drug-likeness (QED) is 0.148. The Morgan fingerprint density at radius 2 is 1.81 bits per heavy atom. The fourth-order valence-corrected chi connectivity index (χ4v) is 7.36. The van der Waals surface area contributed by atoms with Crippen LogP contribution in [0.4, 0.5) is 0 Å². The number of hydrogen-bond donors (Lipinski definition) is 6. The lowest BCUT2D eigenvalue weighted by molar-refractivity contribution is -1.13. The van der Waals surface area contributed by atoms with Crippen molar-refractivity contribution < 1.29 is 73.5 Å². The van der Waals surface area contributed by atoms with Gasteiger partial charge in [-0.15, -0.1) is 0 Å². The molecule has 8 atom stereocenters. The molecule has 2 unspecified atom stereocenters. The molecule has 2 heterocycles. The zero-order chi connectivity index (χ0) is 34.0. The topological polar surface area (TPSA) is 219 Å². The predicted molar refractivity (Wildman–Crippen MR) is 156 cm³/mol. The Morgan fingerprint density at radius 3 is 2.49 bits per heavy atom. The van der Waals surface area contributed by atoms with Crippen LogP contribution in [0.25, 0.3) is 0 Å². The van der Waals surface area contributed by atoms with E-state index in [1.165, 1.54) is 32.4 Å². The first kappa shape index (κ1) is 33.4. The fraction of sp³-hybridized carbons (Fsp3) is 0.531. The molecule has 2 aliphatic carbocycles. The number of methoxy groups -OCH3 is 2. The maximum absolute atomic E-state index is 13.9. The van der Waals surface area contributed by atoms with Gasteiger partial charge < -0.3 is 49.2 Å². The standard InChI is InChI=1S/C32H37NO14/c1-14-27(36)17(33(42)7-8-45-22(12-33)44-3)9-21(46-14)47-19-11-32(41,20(35)13-34)10-16-24(19)31(40)26-25(29(16)38)28(37)15-5-4-6-18(43-2)23(15)30(26)39/h4-6,14,17,19,21-22,27,34,36,41-42H,7-13H2,1-3H3,(H-,37,38,39,40)/p+1/t14-,17-,19-,21-,22?,27+,32-,33?/m0/s1. The summed E-state index contributed by atoms with van der Waals surface area (Å²) in [6.07, 6.45) is -6.65. The number of rotatable bonds is 7. The van der Waals surface area contributed by atoms with E-state index in [2.05, 4.69) is 0 Å². The number of nitrogens with zero attached hydrogens (tertiary/aromatic N) is 1. The Bertz CT molecular complexity index is 1630. The average molecular weight is 661 g/mol. The number of carbonyl (C=O) groups is 3. The highest BCUT2D eigenvalue weighted by molar-refractivity contribution is 6.31. The van der Waals surface area contributed by atoms with Crippen LogP contribution in [0.3, 0.4) is 0 Å². The zero-order valence-electron chi connectivity index (χ0n) is 26.0. The van der Waals surface area contributed by atoms with E-state index in [0.717, 1.165) is 0 Å². The van der Waals surface area contributed by atoms with Crippen molar-refractivity contribution in [3.05, 3.63) is 51.6 Å². The number of aromatic hydroxyl groups is 2. The van der Waals surface area contributed by atoms with E-state index in [-0.39, 0.29) is 54.1 Å². The third kappa shape index (κ3) is 5.31. The Balaban J connectivity index is 1.44. The van der Waals surface area contributed by atoms with E-state index in [0.29, 0.717) is 0 Å². The molecule has 0 aromatic heterocycles. The highest BCUT2D eigenvalue weighted by Crippen LogP contribution is 2.52. The summed E-state index contributed by atoms with van der Waals surface area (Å²) in [5.74, 6) is -3.95. The molecule has 2 aromatic rings. The van der Waals surface area contributed by atoms with E-state index in [1.54, 1.807) is 6.92 Å². The van der Waals surface area contributed by atoms with Gasteiger partial charge in [0.1, 0.15) is 48.7 Å². The van der Waals surface area contributed by atoms with Gasteiger partial charge in [-0.1, -0.05) is 12.1 Å². The number of hydroxylamine groups is 3. The van der Waals surface area contributed by atoms with Gasteiger partial charge in [0.25, 0.3) is 0 Å². The largest absolute Gasteiger partial charge is 0.507 e. The number of phenols is 2.